The number of aryl methyl sites for hydroxylation is 2. The Morgan fingerprint density at radius 3 is 2.38 bits per heavy atom. The number of benzene rings is 2. The molecule has 2 rings (SSSR count). The Hall–Kier alpha value is -2.33. The van der Waals surface area contributed by atoms with Crippen LogP contribution in [0, 0.1) is 13.8 Å². The molecule has 0 aliphatic heterocycles. The number of nitrogens with zero attached hydrogens (tertiary/aromatic N) is 1. The smallest absolute Gasteiger partial charge is 0.319 e. The minimum atomic E-state index is -0.184. The van der Waals surface area contributed by atoms with E-state index in [0.717, 1.165) is 35.5 Å². The zero-order valence-corrected chi connectivity index (χ0v) is 15.0. The van der Waals surface area contributed by atoms with Crippen LogP contribution in [0.3, 0.4) is 0 Å². The summed E-state index contributed by atoms with van der Waals surface area (Å²) in [5.41, 5.74) is 5.46. The lowest BCUT2D eigenvalue weighted by molar-refractivity contribution is 0.251. The normalized spacial score (nSPS) is 10.7. The lowest BCUT2D eigenvalue weighted by atomic mass is 10.1. The molecule has 128 valence electrons. The van der Waals surface area contributed by atoms with Gasteiger partial charge in [-0.3, -0.25) is 0 Å². The van der Waals surface area contributed by atoms with Crippen molar-refractivity contribution in [2.75, 3.05) is 18.9 Å². The van der Waals surface area contributed by atoms with Gasteiger partial charge in [0.2, 0.25) is 0 Å². The molecular formula is C20H27N3O. The molecule has 0 heterocycles. The van der Waals surface area contributed by atoms with Crippen LogP contribution in [0.15, 0.2) is 42.5 Å². The first kappa shape index (κ1) is 18.0. The number of carbonyl (C=O) groups is 1. The Morgan fingerprint density at radius 2 is 1.71 bits per heavy atom. The molecule has 0 aromatic heterocycles. The molecule has 2 aromatic rings. The van der Waals surface area contributed by atoms with E-state index in [4.69, 9.17) is 0 Å². The molecule has 0 spiro atoms. The lowest BCUT2D eigenvalue weighted by Gasteiger charge is -2.14. The number of urea groups is 1. The Morgan fingerprint density at radius 1 is 1.04 bits per heavy atom. The highest BCUT2D eigenvalue weighted by Gasteiger charge is 2.04. The van der Waals surface area contributed by atoms with E-state index in [2.05, 4.69) is 47.7 Å². The van der Waals surface area contributed by atoms with Gasteiger partial charge in [0.05, 0.1) is 0 Å². The third-order valence-electron chi connectivity index (χ3n) is 3.92. The van der Waals surface area contributed by atoms with Crippen LogP contribution in [-0.2, 0) is 13.1 Å². The molecule has 0 aliphatic carbocycles. The summed E-state index contributed by atoms with van der Waals surface area (Å²) in [6.45, 7) is 8.63. The summed E-state index contributed by atoms with van der Waals surface area (Å²) in [7, 11) is 2.10. The zero-order valence-electron chi connectivity index (χ0n) is 15.0. The van der Waals surface area contributed by atoms with Crippen LogP contribution in [0.25, 0.3) is 0 Å². The summed E-state index contributed by atoms with van der Waals surface area (Å²) in [5.74, 6) is 0. The first-order valence-corrected chi connectivity index (χ1v) is 8.35. The molecule has 2 N–H and O–H groups in total. The maximum atomic E-state index is 12.1. The lowest BCUT2D eigenvalue weighted by Crippen LogP contribution is -2.28. The first-order chi connectivity index (χ1) is 11.5. The highest BCUT2D eigenvalue weighted by atomic mass is 16.2. The van der Waals surface area contributed by atoms with Gasteiger partial charge in [0, 0.05) is 18.8 Å². The van der Waals surface area contributed by atoms with E-state index >= 15 is 0 Å². The Bertz CT molecular complexity index is 677. The van der Waals surface area contributed by atoms with Crippen LogP contribution in [0.1, 0.15) is 29.2 Å². The topological polar surface area (TPSA) is 44.4 Å². The molecule has 0 aliphatic rings. The summed E-state index contributed by atoms with van der Waals surface area (Å²) in [6.07, 6.45) is 0. The number of hydrogen-bond donors (Lipinski definition) is 2. The number of nitrogens with one attached hydrogen (secondary N) is 2. The predicted octanol–water partition coefficient (Wildman–Crippen LogP) is 4.08. The fourth-order valence-electron chi connectivity index (χ4n) is 2.67. The quantitative estimate of drug-likeness (QED) is 0.840. The van der Waals surface area contributed by atoms with Crippen molar-refractivity contribution in [1.82, 2.24) is 10.2 Å². The fraction of sp³-hybridized carbons (Fsp3) is 0.350. The number of amides is 2. The van der Waals surface area contributed by atoms with E-state index in [9.17, 15) is 4.79 Å². The van der Waals surface area contributed by atoms with Gasteiger partial charge in [0.1, 0.15) is 0 Å². The van der Waals surface area contributed by atoms with Gasteiger partial charge in [-0.15, -0.1) is 0 Å². The highest BCUT2D eigenvalue weighted by Crippen LogP contribution is 2.13. The molecule has 0 atom stereocenters. The molecule has 0 bridgehead atoms. The zero-order chi connectivity index (χ0) is 17.5. The summed E-state index contributed by atoms with van der Waals surface area (Å²) >= 11 is 0. The van der Waals surface area contributed by atoms with Gasteiger partial charge >= 0.3 is 6.03 Å². The van der Waals surface area contributed by atoms with E-state index in [1.54, 1.807) is 0 Å². The van der Waals surface area contributed by atoms with Crippen molar-refractivity contribution < 1.29 is 4.79 Å². The molecule has 2 aromatic carbocycles. The van der Waals surface area contributed by atoms with E-state index in [0.29, 0.717) is 6.54 Å². The second kappa shape index (κ2) is 8.50. The molecule has 0 saturated carbocycles. The van der Waals surface area contributed by atoms with Crippen LogP contribution in [0.4, 0.5) is 10.5 Å². The highest BCUT2D eigenvalue weighted by molar-refractivity contribution is 5.89. The Balaban J connectivity index is 1.90. The van der Waals surface area contributed by atoms with Crippen LogP contribution in [0.5, 0.6) is 0 Å². The van der Waals surface area contributed by atoms with Gasteiger partial charge < -0.3 is 15.5 Å². The summed E-state index contributed by atoms with van der Waals surface area (Å²) in [4.78, 5) is 14.3. The minimum absolute atomic E-state index is 0.184. The van der Waals surface area contributed by atoms with Crippen molar-refractivity contribution in [3.05, 3.63) is 64.7 Å². The number of carbonyl (C=O) groups excluding carboxylic acids is 1. The molecule has 0 unspecified atom stereocenters. The second-order valence-electron chi connectivity index (χ2n) is 6.33. The van der Waals surface area contributed by atoms with Gasteiger partial charge in [-0.25, -0.2) is 4.79 Å². The minimum Gasteiger partial charge on any atom is -0.334 e. The van der Waals surface area contributed by atoms with E-state index in [1.165, 1.54) is 5.56 Å². The maximum absolute atomic E-state index is 12.1. The van der Waals surface area contributed by atoms with Crippen molar-refractivity contribution in [2.45, 2.75) is 33.9 Å². The molecule has 24 heavy (non-hydrogen) atoms. The molecule has 4 nitrogen and oxygen atoms in total. The summed E-state index contributed by atoms with van der Waals surface area (Å²) in [6, 6.07) is 14.2. The summed E-state index contributed by atoms with van der Waals surface area (Å²) in [5, 5.41) is 5.81. The van der Waals surface area contributed by atoms with Crippen molar-refractivity contribution in [2.24, 2.45) is 0 Å². The van der Waals surface area contributed by atoms with Gasteiger partial charge in [-0.1, -0.05) is 37.3 Å². The van der Waals surface area contributed by atoms with Crippen LogP contribution < -0.4 is 10.6 Å². The Kier molecular flexibility index (Phi) is 6.38. The molecule has 0 radical (unpaired) electrons. The van der Waals surface area contributed by atoms with E-state index in [1.807, 2.05) is 38.1 Å². The third-order valence-corrected chi connectivity index (χ3v) is 3.92. The third kappa shape index (κ3) is 5.70. The van der Waals surface area contributed by atoms with Gasteiger partial charge in [0.15, 0.2) is 0 Å². The SMILES string of the molecule is CCN(C)Cc1cccc(CNC(=O)Nc2cc(C)cc(C)c2)c1. The average Bonchev–Trinajstić information content (AvgIpc) is 2.52. The average molecular weight is 325 g/mol. The largest absolute Gasteiger partial charge is 0.334 e. The van der Waals surface area contributed by atoms with Gasteiger partial charge in [-0.05, 0) is 61.8 Å². The van der Waals surface area contributed by atoms with Crippen molar-refractivity contribution in [3.63, 3.8) is 0 Å². The summed E-state index contributed by atoms with van der Waals surface area (Å²) < 4.78 is 0. The maximum Gasteiger partial charge on any atom is 0.319 e. The standard InChI is InChI=1S/C20H27N3O/c1-5-23(4)14-18-8-6-7-17(12-18)13-21-20(24)22-19-10-15(2)9-16(3)11-19/h6-12H,5,13-14H2,1-4H3,(H2,21,22,24). The monoisotopic (exact) mass is 325 g/mol. The van der Waals surface area contributed by atoms with E-state index < -0.39 is 0 Å². The molecule has 0 saturated heterocycles. The van der Waals surface area contributed by atoms with Crippen LogP contribution in [0.2, 0.25) is 0 Å². The van der Waals surface area contributed by atoms with Gasteiger partial charge in [-0.2, -0.15) is 0 Å². The Labute approximate surface area is 144 Å². The molecule has 2 amide bonds. The second-order valence-corrected chi connectivity index (χ2v) is 6.33. The molecular weight excluding hydrogens is 298 g/mol. The number of rotatable bonds is 6. The molecule has 4 heteroatoms. The predicted molar refractivity (Wildman–Crippen MR) is 100 cm³/mol. The van der Waals surface area contributed by atoms with Gasteiger partial charge in [0.25, 0.3) is 0 Å². The van der Waals surface area contributed by atoms with Crippen LogP contribution in [-0.4, -0.2) is 24.5 Å². The molecule has 0 fully saturated rings. The number of hydrogen-bond acceptors (Lipinski definition) is 2. The fourth-order valence-corrected chi connectivity index (χ4v) is 2.67. The van der Waals surface area contributed by atoms with E-state index in [-0.39, 0.29) is 6.03 Å². The van der Waals surface area contributed by atoms with Crippen LogP contribution >= 0.6 is 0 Å². The van der Waals surface area contributed by atoms with Crippen molar-refractivity contribution >= 4 is 11.7 Å². The van der Waals surface area contributed by atoms with Crippen molar-refractivity contribution in [1.29, 1.82) is 0 Å². The number of anilines is 1. The van der Waals surface area contributed by atoms with Crippen molar-refractivity contribution in [3.8, 4) is 0 Å². The first-order valence-electron chi connectivity index (χ1n) is 8.35.